The number of nitriles is 1. The molecule has 0 fully saturated rings. The maximum atomic E-state index is 12.3. The molecule has 0 radical (unpaired) electrons. The van der Waals surface area contributed by atoms with Crippen LogP contribution in [0, 0.1) is 11.3 Å². The first-order valence-corrected chi connectivity index (χ1v) is 6.78. The zero-order valence-electron chi connectivity index (χ0n) is 11.8. The van der Waals surface area contributed by atoms with Crippen molar-refractivity contribution in [3.8, 4) is 11.8 Å². The molecule has 2 rings (SSSR count). The van der Waals surface area contributed by atoms with E-state index in [0.717, 1.165) is 11.1 Å². The lowest BCUT2D eigenvalue weighted by Crippen LogP contribution is -2.19. The second-order valence-electron chi connectivity index (χ2n) is 4.99. The predicted molar refractivity (Wildman–Crippen MR) is 78.8 cm³/mol. The molecule has 4 nitrogen and oxygen atoms in total. The van der Waals surface area contributed by atoms with Crippen LogP contribution in [0.3, 0.4) is 0 Å². The molecule has 0 aliphatic carbocycles. The molecule has 0 unspecified atom stereocenters. The summed E-state index contributed by atoms with van der Waals surface area (Å²) < 4.78 is 7.28. The van der Waals surface area contributed by atoms with Crippen LogP contribution in [-0.4, -0.2) is 10.7 Å². The molecule has 0 spiro atoms. The van der Waals surface area contributed by atoms with Crippen molar-refractivity contribution >= 4 is 10.8 Å². The molecule has 1 aromatic carbocycles. The second-order valence-corrected chi connectivity index (χ2v) is 4.99. The Morgan fingerprint density at radius 1 is 1.35 bits per heavy atom. The van der Waals surface area contributed by atoms with E-state index in [-0.39, 0.29) is 11.7 Å². The normalized spacial score (nSPS) is 10.7. The Balaban J connectivity index is 2.32. The number of ether oxygens (including phenoxy) is 1. The van der Waals surface area contributed by atoms with Gasteiger partial charge in [0.2, 0.25) is 0 Å². The number of pyridine rings is 1. The largest absolute Gasteiger partial charge is 0.491 e. The van der Waals surface area contributed by atoms with E-state index in [0.29, 0.717) is 24.8 Å². The van der Waals surface area contributed by atoms with Gasteiger partial charge in [-0.3, -0.25) is 4.79 Å². The summed E-state index contributed by atoms with van der Waals surface area (Å²) in [6.07, 6.45) is 3.04. The fourth-order valence-corrected chi connectivity index (χ4v) is 2.12. The van der Waals surface area contributed by atoms with Crippen molar-refractivity contribution in [3.63, 3.8) is 0 Å². The third kappa shape index (κ3) is 3.18. The molecule has 0 saturated heterocycles. The van der Waals surface area contributed by atoms with E-state index in [1.165, 1.54) is 0 Å². The van der Waals surface area contributed by atoms with Gasteiger partial charge in [-0.25, -0.2) is 0 Å². The van der Waals surface area contributed by atoms with Gasteiger partial charge in [0.05, 0.1) is 12.2 Å². The first kappa shape index (κ1) is 14.1. The lowest BCUT2D eigenvalue weighted by Gasteiger charge is -2.11. The van der Waals surface area contributed by atoms with Crippen molar-refractivity contribution in [2.24, 2.45) is 0 Å². The van der Waals surface area contributed by atoms with E-state index < -0.39 is 0 Å². The fraction of sp³-hybridized carbons (Fsp3) is 0.375. The van der Waals surface area contributed by atoms with Gasteiger partial charge < -0.3 is 9.30 Å². The van der Waals surface area contributed by atoms with Gasteiger partial charge in [0.15, 0.2) is 0 Å². The molecule has 0 saturated carbocycles. The summed E-state index contributed by atoms with van der Waals surface area (Å²) >= 11 is 0. The predicted octanol–water partition coefficient (Wildman–Crippen LogP) is 3.09. The summed E-state index contributed by atoms with van der Waals surface area (Å²) in [7, 11) is 0. The average molecular weight is 270 g/mol. The van der Waals surface area contributed by atoms with Crippen molar-refractivity contribution in [3.05, 3.63) is 40.8 Å². The van der Waals surface area contributed by atoms with Gasteiger partial charge in [0, 0.05) is 24.5 Å². The fourth-order valence-electron chi connectivity index (χ4n) is 2.12. The zero-order chi connectivity index (χ0) is 14.5. The number of rotatable bonds is 5. The highest BCUT2D eigenvalue weighted by Gasteiger charge is 2.05. The number of aromatic nitrogens is 1. The Morgan fingerprint density at radius 2 is 2.15 bits per heavy atom. The number of benzene rings is 1. The van der Waals surface area contributed by atoms with Gasteiger partial charge in [0.1, 0.15) is 5.75 Å². The molecular weight excluding hydrogens is 252 g/mol. The topological polar surface area (TPSA) is 55.0 Å². The van der Waals surface area contributed by atoms with Crippen molar-refractivity contribution in [1.29, 1.82) is 5.26 Å². The number of hydrogen-bond donors (Lipinski definition) is 0. The molecule has 2 aromatic rings. The second kappa shape index (κ2) is 6.25. The number of aryl methyl sites for hydroxylation is 1. The first-order valence-electron chi connectivity index (χ1n) is 6.78. The molecule has 0 atom stereocenters. The van der Waals surface area contributed by atoms with Crippen LogP contribution in [0.25, 0.3) is 10.8 Å². The summed E-state index contributed by atoms with van der Waals surface area (Å²) in [5, 5.41) is 10.1. The molecule has 0 aliphatic heterocycles. The van der Waals surface area contributed by atoms with E-state index in [1.54, 1.807) is 16.8 Å². The molecule has 0 bridgehead atoms. The van der Waals surface area contributed by atoms with Crippen LogP contribution >= 0.6 is 0 Å². The van der Waals surface area contributed by atoms with Gasteiger partial charge in [-0.2, -0.15) is 5.26 Å². The molecule has 0 N–H and O–H groups in total. The van der Waals surface area contributed by atoms with Crippen molar-refractivity contribution < 1.29 is 4.74 Å². The monoisotopic (exact) mass is 270 g/mol. The maximum Gasteiger partial charge on any atom is 0.258 e. The van der Waals surface area contributed by atoms with Crippen LogP contribution in [0.5, 0.6) is 5.75 Å². The Hall–Kier alpha value is -2.28. The van der Waals surface area contributed by atoms with E-state index in [9.17, 15) is 4.79 Å². The van der Waals surface area contributed by atoms with Crippen LogP contribution in [-0.2, 0) is 6.54 Å². The van der Waals surface area contributed by atoms with Crippen LogP contribution in [0.4, 0.5) is 0 Å². The summed E-state index contributed by atoms with van der Waals surface area (Å²) in [4.78, 5) is 12.3. The maximum absolute atomic E-state index is 12.3. The smallest absolute Gasteiger partial charge is 0.258 e. The Labute approximate surface area is 118 Å². The van der Waals surface area contributed by atoms with Crippen LogP contribution in [0.15, 0.2) is 35.3 Å². The van der Waals surface area contributed by atoms with Crippen LogP contribution in [0.2, 0.25) is 0 Å². The van der Waals surface area contributed by atoms with Gasteiger partial charge >= 0.3 is 0 Å². The highest BCUT2D eigenvalue weighted by molar-refractivity contribution is 5.82. The lowest BCUT2D eigenvalue weighted by molar-refractivity contribution is 0.243. The molecule has 1 aromatic heterocycles. The van der Waals surface area contributed by atoms with Gasteiger partial charge in [-0.15, -0.1) is 0 Å². The van der Waals surface area contributed by atoms with Gasteiger partial charge in [0.25, 0.3) is 5.56 Å². The van der Waals surface area contributed by atoms with Gasteiger partial charge in [-0.1, -0.05) is 0 Å². The van der Waals surface area contributed by atoms with E-state index in [1.807, 2.05) is 32.0 Å². The van der Waals surface area contributed by atoms with E-state index in [4.69, 9.17) is 10.00 Å². The summed E-state index contributed by atoms with van der Waals surface area (Å²) in [5.41, 5.74) is -0.0171. The number of fused-ring (bicyclic) bond motifs is 1. The van der Waals surface area contributed by atoms with Crippen molar-refractivity contribution in [2.75, 3.05) is 0 Å². The average Bonchev–Trinajstić information content (AvgIpc) is 2.41. The SMILES string of the molecule is CC(C)Oc1ccc2c(=O)n(CCCC#N)ccc2c1. The molecule has 4 heteroatoms. The Morgan fingerprint density at radius 3 is 2.85 bits per heavy atom. The van der Waals surface area contributed by atoms with E-state index in [2.05, 4.69) is 6.07 Å². The molecule has 1 heterocycles. The lowest BCUT2D eigenvalue weighted by atomic mass is 10.1. The third-order valence-corrected chi connectivity index (χ3v) is 3.01. The summed E-state index contributed by atoms with van der Waals surface area (Å²) in [6.45, 7) is 4.52. The zero-order valence-corrected chi connectivity index (χ0v) is 11.8. The van der Waals surface area contributed by atoms with E-state index >= 15 is 0 Å². The van der Waals surface area contributed by atoms with Crippen LogP contribution < -0.4 is 10.3 Å². The Kier molecular flexibility index (Phi) is 4.41. The van der Waals surface area contributed by atoms with Crippen molar-refractivity contribution in [2.45, 2.75) is 39.3 Å². The first-order chi connectivity index (χ1) is 9.61. The minimum atomic E-state index is -0.0171. The summed E-state index contributed by atoms with van der Waals surface area (Å²) in [6, 6.07) is 9.51. The number of unbranched alkanes of at least 4 members (excludes halogenated alkanes) is 1. The third-order valence-electron chi connectivity index (χ3n) is 3.01. The summed E-state index contributed by atoms with van der Waals surface area (Å²) in [5.74, 6) is 0.772. The standard InChI is InChI=1S/C16H18N2O2/c1-12(2)20-14-5-6-15-13(11-14)7-10-18(16(15)19)9-4-3-8-17/h5-7,10-12H,3-4,9H2,1-2H3. The quantitative estimate of drug-likeness (QED) is 0.784. The number of hydrogen-bond acceptors (Lipinski definition) is 3. The molecule has 104 valence electrons. The molecule has 20 heavy (non-hydrogen) atoms. The molecule has 0 amide bonds. The molecule has 0 aliphatic rings. The number of nitrogens with zero attached hydrogens (tertiary/aromatic N) is 2. The molecular formula is C16H18N2O2. The highest BCUT2D eigenvalue weighted by Crippen LogP contribution is 2.19. The van der Waals surface area contributed by atoms with Gasteiger partial charge in [-0.05, 0) is 49.9 Å². The van der Waals surface area contributed by atoms with Crippen LogP contribution in [0.1, 0.15) is 26.7 Å². The minimum Gasteiger partial charge on any atom is -0.491 e. The highest BCUT2D eigenvalue weighted by atomic mass is 16.5. The Bertz CT molecular complexity index is 696. The minimum absolute atomic E-state index is 0.0171. The van der Waals surface area contributed by atoms with Crippen molar-refractivity contribution in [1.82, 2.24) is 4.57 Å².